The molecule has 20 heavy (non-hydrogen) atoms. The van der Waals surface area contributed by atoms with E-state index in [-0.39, 0.29) is 0 Å². The van der Waals surface area contributed by atoms with Crippen LogP contribution in [0.15, 0.2) is 36.5 Å². The molecule has 5 heteroatoms. The zero-order valence-corrected chi connectivity index (χ0v) is 11.9. The Labute approximate surface area is 122 Å². The fourth-order valence-electron chi connectivity index (χ4n) is 2.25. The lowest BCUT2D eigenvalue weighted by molar-refractivity contribution is 0.896. The quantitative estimate of drug-likeness (QED) is 0.805. The summed E-state index contributed by atoms with van der Waals surface area (Å²) in [5.74, 6) is 0.605. The molecular formula is C15H15ClN4. The molecule has 2 N–H and O–H groups in total. The zero-order chi connectivity index (χ0) is 14.1. The minimum absolute atomic E-state index is 0.605. The van der Waals surface area contributed by atoms with Gasteiger partial charge in [-0.2, -0.15) is 9.61 Å². The molecule has 2 aromatic heterocycles. The first-order valence-electron chi connectivity index (χ1n) is 6.48. The van der Waals surface area contributed by atoms with Crippen molar-refractivity contribution in [3.63, 3.8) is 0 Å². The minimum atomic E-state index is 0.605. The summed E-state index contributed by atoms with van der Waals surface area (Å²) in [5, 5.41) is 5.00. The Balaban J connectivity index is 1.87. The Bertz CT molecular complexity index is 746. The molecule has 2 heterocycles. The van der Waals surface area contributed by atoms with Crippen LogP contribution in [0.4, 0.5) is 5.82 Å². The molecular weight excluding hydrogens is 272 g/mol. The standard InChI is InChI=1S/C15H15ClN4/c1-10-14(17)20-15(19-10)12(8-9-18-20)5-2-11-3-6-13(16)7-4-11/h3-4,6-9H,2,5,17H2,1H3. The number of nitrogen functional groups attached to an aromatic ring is 1. The van der Waals surface area contributed by atoms with E-state index in [1.54, 1.807) is 10.7 Å². The van der Waals surface area contributed by atoms with Crippen LogP contribution in [0.3, 0.4) is 0 Å². The van der Waals surface area contributed by atoms with Gasteiger partial charge in [0.05, 0.1) is 5.69 Å². The van der Waals surface area contributed by atoms with Gasteiger partial charge in [-0.15, -0.1) is 0 Å². The molecule has 0 atom stereocenters. The first-order valence-corrected chi connectivity index (χ1v) is 6.86. The average molecular weight is 287 g/mol. The zero-order valence-electron chi connectivity index (χ0n) is 11.2. The lowest BCUT2D eigenvalue weighted by atomic mass is 10.1. The van der Waals surface area contributed by atoms with Crippen LogP contribution in [0.25, 0.3) is 5.65 Å². The van der Waals surface area contributed by atoms with Gasteiger partial charge < -0.3 is 5.73 Å². The van der Waals surface area contributed by atoms with Crippen LogP contribution >= 0.6 is 11.6 Å². The number of halogens is 1. The van der Waals surface area contributed by atoms with Crippen LogP contribution in [0, 0.1) is 6.92 Å². The third-order valence-corrected chi connectivity index (χ3v) is 3.67. The molecule has 0 bridgehead atoms. The normalized spacial score (nSPS) is 11.1. The highest BCUT2D eigenvalue weighted by molar-refractivity contribution is 6.30. The van der Waals surface area contributed by atoms with E-state index < -0.39 is 0 Å². The molecule has 0 saturated heterocycles. The summed E-state index contributed by atoms with van der Waals surface area (Å²) in [6.07, 6.45) is 3.59. The summed E-state index contributed by atoms with van der Waals surface area (Å²) >= 11 is 5.89. The number of fused-ring (bicyclic) bond motifs is 1. The van der Waals surface area contributed by atoms with Crippen molar-refractivity contribution >= 4 is 23.1 Å². The number of aromatic nitrogens is 3. The van der Waals surface area contributed by atoms with Crippen molar-refractivity contribution in [3.8, 4) is 0 Å². The number of hydrogen-bond donors (Lipinski definition) is 1. The predicted octanol–water partition coefficient (Wildman–Crippen LogP) is 3.06. The Morgan fingerprint density at radius 2 is 1.90 bits per heavy atom. The van der Waals surface area contributed by atoms with Gasteiger partial charge in [-0.3, -0.25) is 0 Å². The van der Waals surface area contributed by atoms with E-state index in [0.29, 0.717) is 5.82 Å². The fraction of sp³-hybridized carbons (Fsp3) is 0.200. The third-order valence-electron chi connectivity index (χ3n) is 3.41. The number of anilines is 1. The summed E-state index contributed by atoms with van der Waals surface area (Å²) in [5.41, 5.74) is 10.0. The van der Waals surface area contributed by atoms with Crippen molar-refractivity contribution in [2.45, 2.75) is 19.8 Å². The van der Waals surface area contributed by atoms with Gasteiger partial charge in [0.1, 0.15) is 5.82 Å². The van der Waals surface area contributed by atoms with Gasteiger partial charge in [-0.05, 0) is 49.1 Å². The smallest absolute Gasteiger partial charge is 0.159 e. The highest BCUT2D eigenvalue weighted by Crippen LogP contribution is 2.18. The number of nitrogens with two attached hydrogens (primary N) is 1. The number of nitrogens with zero attached hydrogens (tertiary/aromatic N) is 3. The molecule has 0 aliphatic rings. The molecule has 0 saturated carbocycles. The van der Waals surface area contributed by atoms with Crippen LogP contribution in [0.1, 0.15) is 16.8 Å². The molecule has 0 radical (unpaired) electrons. The third kappa shape index (κ3) is 2.34. The summed E-state index contributed by atoms with van der Waals surface area (Å²) in [7, 11) is 0. The van der Waals surface area contributed by atoms with Crippen molar-refractivity contribution in [2.24, 2.45) is 0 Å². The maximum Gasteiger partial charge on any atom is 0.159 e. The van der Waals surface area contributed by atoms with Crippen molar-refractivity contribution in [3.05, 3.63) is 58.4 Å². The van der Waals surface area contributed by atoms with Crippen molar-refractivity contribution in [2.75, 3.05) is 5.73 Å². The highest BCUT2D eigenvalue weighted by Gasteiger charge is 2.10. The van der Waals surface area contributed by atoms with E-state index in [0.717, 1.165) is 34.8 Å². The van der Waals surface area contributed by atoms with E-state index in [1.807, 2.05) is 37.3 Å². The predicted molar refractivity (Wildman–Crippen MR) is 81.0 cm³/mol. The highest BCUT2D eigenvalue weighted by atomic mass is 35.5. The molecule has 4 nitrogen and oxygen atoms in total. The molecule has 3 aromatic rings. The molecule has 102 valence electrons. The van der Waals surface area contributed by atoms with Crippen LogP contribution in [-0.2, 0) is 12.8 Å². The Morgan fingerprint density at radius 3 is 2.65 bits per heavy atom. The Morgan fingerprint density at radius 1 is 1.15 bits per heavy atom. The fourth-order valence-corrected chi connectivity index (χ4v) is 2.37. The van der Waals surface area contributed by atoms with Gasteiger partial charge in [0.2, 0.25) is 0 Å². The molecule has 0 spiro atoms. The van der Waals surface area contributed by atoms with Gasteiger partial charge in [-0.25, -0.2) is 4.98 Å². The monoisotopic (exact) mass is 286 g/mol. The van der Waals surface area contributed by atoms with Crippen molar-refractivity contribution in [1.82, 2.24) is 14.6 Å². The lowest BCUT2D eigenvalue weighted by Gasteiger charge is -2.04. The minimum Gasteiger partial charge on any atom is -0.382 e. The second-order valence-corrected chi connectivity index (χ2v) is 5.24. The molecule has 0 aliphatic carbocycles. The maximum atomic E-state index is 5.95. The lowest BCUT2D eigenvalue weighted by Crippen LogP contribution is -2.01. The van der Waals surface area contributed by atoms with E-state index >= 15 is 0 Å². The Kier molecular flexibility index (Phi) is 3.32. The molecule has 1 aromatic carbocycles. The van der Waals surface area contributed by atoms with Gasteiger partial charge in [0, 0.05) is 11.2 Å². The second kappa shape index (κ2) is 5.13. The Hall–Kier alpha value is -2.07. The van der Waals surface area contributed by atoms with E-state index in [1.165, 1.54) is 5.56 Å². The first-order chi connectivity index (χ1) is 9.65. The summed E-state index contributed by atoms with van der Waals surface area (Å²) in [6.45, 7) is 1.90. The second-order valence-electron chi connectivity index (χ2n) is 4.80. The number of benzene rings is 1. The molecule has 0 unspecified atom stereocenters. The number of rotatable bonds is 3. The van der Waals surface area contributed by atoms with Gasteiger partial charge in [-0.1, -0.05) is 23.7 Å². The van der Waals surface area contributed by atoms with E-state index in [4.69, 9.17) is 17.3 Å². The summed E-state index contributed by atoms with van der Waals surface area (Å²) < 4.78 is 1.70. The van der Waals surface area contributed by atoms with Crippen LogP contribution < -0.4 is 5.73 Å². The molecule has 0 amide bonds. The molecule has 0 aliphatic heterocycles. The van der Waals surface area contributed by atoms with Crippen molar-refractivity contribution < 1.29 is 0 Å². The summed E-state index contributed by atoms with van der Waals surface area (Å²) in [6, 6.07) is 9.92. The average Bonchev–Trinajstić information content (AvgIpc) is 2.75. The van der Waals surface area contributed by atoms with Crippen LogP contribution in [-0.4, -0.2) is 14.6 Å². The van der Waals surface area contributed by atoms with Crippen LogP contribution in [0.2, 0.25) is 5.02 Å². The largest absolute Gasteiger partial charge is 0.382 e. The SMILES string of the molecule is Cc1nc2c(CCc3ccc(Cl)cc3)ccnn2c1N. The summed E-state index contributed by atoms with van der Waals surface area (Å²) in [4.78, 5) is 4.49. The van der Waals surface area contributed by atoms with E-state index in [2.05, 4.69) is 10.1 Å². The number of hydrogen-bond acceptors (Lipinski definition) is 3. The molecule has 3 rings (SSSR count). The number of aryl methyl sites for hydroxylation is 3. The number of imidazole rings is 1. The van der Waals surface area contributed by atoms with Crippen LogP contribution in [0.5, 0.6) is 0 Å². The van der Waals surface area contributed by atoms with Crippen molar-refractivity contribution in [1.29, 1.82) is 0 Å². The maximum absolute atomic E-state index is 5.95. The van der Waals surface area contributed by atoms with E-state index in [9.17, 15) is 0 Å². The topological polar surface area (TPSA) is 56.2 Å². The molecule has 0 fully saturated rings. The van der Waals surface area contributed by atoms with Gasteiger partial charge in [0.25, 0.3) is 0 Å². The van der Waals surface area contributed by atoms with Gasteiger partial charge >= 0.3 is 0 Å². The van der Waals surface area contributed by atoms with Gasteiger partial charge in [0.15, 0.2) is 5.65 Å². The first kappa shape index (κ1) is 12.9.